The number of methoxy groups -OCH3 is 2. The minimum Gasteiger partial charge on any atom is -0.497 e. The van der Waals surface area contributed by atoms with Crippen LogP contribution in [-0.2, 0) is 16.1 Å². The van der Waals surface area contributed by atoms with E-state index >= 15 is 0 Å². The second-order valence-electron chi connectivity index (χ2n) is 7.35. The number of nitrogens with one attached hydrogen (secondary N) is 1. The van der Waals surface area contributed by atoms with E-state index in [4.69, 9.17) is 9.47 Å². The summed E-state index contributed by atoms with van der Waals surface area (Å²) in [6.07, 6.45) is 2.30. The summed E-state index contributed by atoms with van der Waals surface area (Å²) in [6.45, 7) is 3.94. The number of likely N-dealkylation sites (tertiary alicyclic amines) is 2. The molecule has 7 nitrogen and oxygen atoms in total. The predicted molar refractivity (Wildman–Crippen MR) is 102 cm³/mol. The second-order valence-corrected chi connectivity index (χ2v) is 7.35. The van der Waals surface area contributed by atoms with Gasteiger partial charge in [0.2, 0.25) is 5.91 Å². The van der Waals surface area contributed by atoms with Gasteiger partial charge in [0, 0.05) is 46.4 Å². The number of benzene rings is 1. The Labute approximate surface area is 160 Å². The summed E-state index contributed by atoms with van der Waals surface area (Å²) in [5.41, 5.74) is 0.839. The summed E-state index contributed by atoms with van der Waals surface area (Å²) in [5.74, 6) is 1.04. The first-order chi connectivity index (χ1) is 13.1. The molecule has 2 saturated heterocycles. The van der Waals surface area contributed by atoms with Crippen LogP contribution in [0.5, 0.6) is 5.75 Å². The Morgan fingerprint density at radius 3 is 2.48 bits per heavy atom. The van der Waals surface area contributed by atoms with Gasteiger partial charge in [0.1, 0.15) is 5.75 Å². The zero-order chi connectivity index (χ0) is 19.3. The Hall–Kier alpha value is -2.28. The quantitative estimate of drug-likeness (QED) is 0.583. The molecule has 0 aromatic heterocycles. The van der Waals surface area contributed by atoms with Crippen LogP contribution in [0, 0.1) is 5.41 Å². The largest absolute Gasteiger partial charge is 0.497 e. The van der Waals surface area contributed by atoms with Gasteiger partial charge in [0.05, 0.1) is 12.5 Å². The van der Waals surface area contributed by atoms with Crippen molar-refractivity contribution in [2.24, 2.45) is 5.41 Å². The van der Waals surface area contributed by atoms with Gasteiger partial charge in [-0.05, 0) is 37.0 Å². The molecule has 0 unspecified atom stereocenters. The summed E-state index contributed by atoms with van der Waals surface area (Å²) in [4.78, 5) is 28.7. The lowest BCUT2D eigenvalue weighted by Crippen LogP contribution is -2.64. The van der Waals surface area contributed by atoms with Crippen LogP contribution in [-0.4, -0.2) is 68.7 Å². The van der Waals surface area contributed by atoms with E-state index < -0.39 is 0 Å². The number of hydrogen-bond acceptors (Lipinski definition) is 4. The van der Waals surface area contributed by atoms with Gasteiger partial charge < -0.3 is 24.6 Å². The van der Waals surface area contributed by atoms with Crippen LogP contribution in [0.1, 0.15) is 24.8 Å². The lowest BCUT2D eigenvalue weighted by molar-refractivity contribution is -0.165. The summed E-state index contributed by atoms with van der Waals surface area (Å²) in [7, 11) is 3.30. The Kier molecular flexibility index (Phi) is 6.21. The summed E-state index contributed by atoms with van der Waals surface area (Å²) >= 11 is 0. The lowest BCUT2D eigenvalue weighted by atomic mass is 9.71. The Bertz CT molecular complexity index is 654. The second kappa shape index (κ2) is 8.61. The number of amides is 3. The molecule has 0 atom stereocenters. The third-order valence-corrected chi connectivity index (χ3v) is 5.58. The number of β-lactam (4-membered cyclic amide) rings is 1. The number of carbonyl (C=O) groups excluding carboxylic acids is 2. The van der Waals surface area contributed by atoms with Crippen LogP contribution in [0.15, 0.2) is 24.3 Å². The normalized spacial score (nSPS) is 18.4. The van der Waals surface area contributed by atoms with Crippen molar-refractivity contribution in [1.29, 1.82) is 0 Å². The highest BCUT2D eigenvalue weighted by atomic mass is 16.5. The van der Waals surface area contributed by atoms with Crippen molar-refractivity contribution in [3.8, 4) is 5.75 Å². The standard InChI is InChI=1S/C20H29N3O4/c1-26-13-3-10-21-19(25)22-11-8-20(9-12-22)15-23(18(20)24)14-16-4-6-17(27-2)7-5-16/h4-7H,3,8-15H2,1-2H3,(H,21,25). The van der Waals surface area contributed by atoms with Crippen LogP contribution < -0.4 is 10.1 Å². The number of carbonyl (C=O) groups is 2. The number of ether oxygens (including phenoxy) is 2. The molecule has 3 rings (SSSR count). The Balaban J connectivity index is 1.44. The topological polar surface area (TPSA) is 71.1 Å². The number of rotatable bonds is 7. The van der Waals surface area contributed by atoms with E-state index in [0.29, 0.717) is 32.8 Å². The highest BCUT2D eigenvalue weighted by molar-refractivity contribution is 5.89. The maximum atomic E-state index is 12.8. The minimum atomic E-state index is -0.265. The summed E-state index contributed by atoms with van der Waals surface area (Å²) in [6, 6.07) is 7.78. The number of hydrogen-bond donors (Lipinski definition) is 1. The van der Waals surface area contributed by atoms with Gasteiger partial charge in [-0.15, -0.1) is 0 Å². The van der Waals surface area contributed by atoms with Crippen molar-refractivity contribution in [1.82, 2.24) is 15.1 Å². The molecule has 0 bridgehead atoms. The molecule has 2 heterocycles. The van der Waals surface area contributed by atoms with Gasteiger partial charge in [-0.3, -0.25) is 4.79 Å². The van der Waals surface area contributed by atoms with Crippen molar-refractivity contribution in [2.45, 2.75) is 25.8 Å². The molecule has 3 amide bonds. The fraction of sp³-hybridized carbons (Fsp3) is 0.600. The third-order valence-electron chi connectivity index (χ3n) is 5.58. The average molecular weight is 375 g/mol. The van der Waals surface area contributed by atoms with Crippen molar-refractivity contribution in [3.05, 3.63) is 29.8 Å². The zero-order valence-electron chi connectivity index (χ0n) is 16.2. The van der Waals surface area contributed by atoms with Gasteiger partial charge in [-0.25, -0.2) is 4.79 Å². The molecule has 2 fully saturated rings. The minimum absolute atomic E-state index is 0.0391. The van der Waals surface area contributed by atoms with E-state index in [1.165, 1.54) is 0 Å². The Morgan fingerprint density at radius 1 is 1.19 bits per heavy atom. The highest BCUT2D eigenvalue weighted by Gasteiger charge is 2.53. The molecule has 0 radical (unpaired) electrons. The van der Waals surface area contributed by atoms with Crippen LogP contribution in [0.3, 0.4) is 0 Å². The van der Waals surface area contributed by atoms with E-state index in [9.17, 15) is 9.59 Å². The van der Waals surface area contributed by atoms with Gasteiger partial charge in [-0.2, -0.15) is 0 Å². The number of urea groups is 1. The fourth-order valence-corrected chi connectivity index (χ4v) is 3.86. The maximum Gasteiger partial charge on any atom is 0.317 e. The van der Waals surface area contributed by atoms with E-state index in [2.05, 4.69) is 5.32 Å². The zero-order valence-corrected chi connectivity index (χ0v) is 16.2. The van der Waals surface area contributed by atoms with Gasteiger partial charge in [-0.1, -0.05) is 12.1 Å². The fourth-order valence-electron chi connectivity index (χ4n) is 3.86. The van der Waals surface area contributed by atoms with E-state index in [0.717, 1.165) is 37.1 Å². The molecule has 1 spiro atoms. The van der Waals surface area contributed by atoms with Crippen LogP contribution in [0.2, 0.25) is 0 Å². The van der Waals surface area contributed by atoms with Crippen LogP contribution in [0.4, 0.5) is 4.79 Å². The average Bonchev–Trinajstić information content (AvgIpc) is 2.71. The maximum absolute atomic E-state index is 12.8. The summed E-state index contributed by atoms with van der Waals surface area (Å²) < 4.78 is 10.1. The van der Waals surface area contributed by atoms with Crippen LogP contribution >= 0.6 is 0 Å². The molecule has 1 aromatic carbocycles. The first-order valence-corrected chi connectivity index (χ1v) is 9.52. The van der Waals surface area contributed by atoms with Crippen LogP contribution in [0.25, 0.3) is 0 Å². The van der Waals surface area contributed by atoms with Crippen molar-refractivity contribution < 1.29 is 19.1 Å². The SMILES string of the molecule is COCCCNC(=O)N1CCC2(CC1)CN(Cc1ccc(OC)cc1)C2=O. The molecule has 1 N–H and O–H groups in total. The number of piperidine rings is 1. The Morgan fingerprint density at radius 2 is 1.89 bits per heavy atom. The van der Waals surface area contributed by atoms with Crippen molar-refractivity contribution in [2.75, 3.05) is 47.0 Å². The molecule has 0 aliphatic carbocycles. The molecule has 2 aliphatic heterocycles. The molecule has 1 aromatic rings. The molecule has 148 valence electrons. The first kappa shape index (κ1) is 19.5. The number of nitrogens with zero attached hydrogens (tertiary/aromatic N) is 2. The lowest BCUT2D eigenvalue weighted by Gasteiger charge is -2.52. The van der Waals surface area contributed by atoms with E-state index in [1.54, 1.807) is 14.2 Å². The highest BCUT2D eigenvalue weighted by Crippen LogP contribution is 2.42. The van der Waals surface area contributed by atoms with Crippen molar-refractivity contribution in [3.63, 3.8) is 0 Å². The molecule has 7 heteroatoms. The first-order valence-electron chi connectivity index (χ1n) is 9.52. The van der Waals surface area contributed by atoms with Gasteiger partial charge >= 0.3 is 6.03 Å². The molecule has 2 aliphatic rings. The molecular weight excluding hydrogens is 346 g/mol. The molecule has 0 saturated carbocycles. The molecule has 27 heavy (non-hydrogen) atoms. The van der Waals surface area contributed by atoms with E-state index in [-0.39, 0.29) is 17.4 Å². The monoisotopic (exact) mass is 375 g/mol. The van der Waals surface area contributed by atoms with Gasteiger partial charge in [0.25, 0.3) is 0 Å². The third kappa shape index (κ3) is 4.35. The smallest absolute Gasteiger partial charge is 0.317 e. The van der Waals surface area contributed by atoms with Crippen molar-refractivity contribution >= 4 is 11.9 Å². The summed E-state index contributed by atoms with van der Waals surface area (Å²) in [5, 5.41) is 2.91. The van der Waals surface area contributed by atoms with E-state index in [1.807, 2.05) is 34.1 Å². The van der Waals surface area contributed by atoms with Gasteiger partial charge in [0.15, 0.2) is 0 Å². The molecular formula is C20H29N3O4. The predicted octanol–water partition coefficient (Wildman–Crippen LogP) is 1.87.